The maximum Gasteiger partial charge on any atom is 0.136 e. The van der Waals surface area contributed by atoms with E-state index in [0.717, 1.165) is 16.8 Å². The Morgan fingerprint density at radius 2 is 1.67 bits per heavy atom. The summed E-state index contributed by atoms with van der Waals surface area (Å²) in [5.41, 5.74) is 2.63. The van der Waals surface area contributed by atoms with Crippen molar-refractivity contribution in [3.05, 3.63) is 90.0 Å². The van der Waals surface area contributed by atoms with E-state index in [0.29, 0.717) is 18.1 Å². The van der Waals surface area contributed by atoms with Crippen LogP contribution in [-0.4, -0.2) is 12.3 Å². The topological polar surface area (TPSA) is 21.6 Å². The van der Waals surface area contributed by atoms with Crippen LogP contribution in [0.5, 0.6) is 0 Å². The molecule has 1 aliphatic rings. The van der Waals surface area contributed by atoms with Crippen molar-refractivity contribution in [2.75, 3.05) is 6.54 Å². The summed E-state index contributed by atoms with van der Waals surface area (Å²) in [6.07, 6.45) is 1.86. The van der Waals surface area contributed by atoms with E-state index in [2.05, 4.69) is 11.6 Å². The molecule has 0 amide bonds. The average Bonchev–Trinajstić information content (AvgIpc) is 2.71. The van der Waals surface area contributed by atoms with Crippen LogP contribution < -0.4 is 0 Å². The van der Waals surface area contributed by atoms with Gasteiger partial charge in [-0.1, -0.05) is 36.9 Å². The summed E-state index contributed by atoms with van der Waals surface area (Å²) in [5, 5.41) is 0. The molecule has 0 saturated heterocycles. The highest BCUT2D eigenvalue weighted by Crippen LogP contribution is 2.23. The molecule has 3 heteroatoms. The van der Waals surface area contributed by atoms with Gasteiger partial charge in [0.2, 0.25) is 0 Å². The molecule has 0 saturated carbocycles. The molecule has 0 fully saturated rings. The monoisotopic (exact) mass is 279 g/mol. The van der Waals surface area contributed by atoms with E-state index in [1.165, 1.54) is 12.1 Å². The molecule has 0 radical (unpaired) electrons. The van der Waals surface area contributed by atoms with Gasteiger partial charge in [-0.05, 0) is 29.8 Å². The summed E-state index contributed by atoms with van der Waals surface area (Å²) >= 11 is 0. The second-order valence-electron chi connectivity index (χ2n) is 4.72. The molecule has 2 aromatic carbocycles. The van der Waals surface area contributed by atoms with Crippen molar-refractivity contribution in [2.24, 2.45) is 4.99 Å². The van der Waals surface area contributed by atoms with Gasteiger partial charge in [-0.3, -0.25) is 4.99 Å². The van der Waals surface area contributed by atoms with E-state index in [4.69, 9.17) is 4.74 Å². The van der Waals surface area contributed by atoms with Crippen LogP contribution in [0.4, 0.5) is 4.39 Å². The van der Waals surface area contributed by atoms with Crippen LogP contribution in [0.1, 0.15) is 11.1 Å². The van der Waals surface area contributed by atoms with E-state index in [-0.39, 0.29) is 5.82 Å². The molecular formula is C18H14FNO. The molecular weight excluding hydrogens is 265 g/mol. The Morgan fingerprint density at radius 1 is 0.952 bits per heavy atom. The Hall–Kier alpha value is -2.68. The molecule has 2 nitrogen and oxygen atoms in total. The number of hydrogen-bond acceptors (Lipinski definition) is 2. The molecule has 0 aromatic heterocycles. The quantitative estimate of drug-likeness (QED) is 0.807. The minimum atomic E-state index is -0.274. The predicted octanol–water partition coefficient (Wildman–Crippen LogP) is 4.20. The lowest BCUT2D eigenvalue weighted by molar-refractivity contribution is 0.381. The van der Waals surface area contributed by atoms with Gasteiger partial charge in [0.15, 0.2) is 0 Å². The van der Waals surface area contributed by atoms with Crippen LogP contribution in [0.2, 0.25) is 0 Å². The Kier molecular flexibility index (Phi) is 3.65. The fourth-order valence-electron chi connectivity index (χ4n) is 2.10. The van der Waals surface area contributed by atoms with E-state index >= 15 is 0 Å². The van der Waals surface area contributed by atoms with Gasteiger partial charge in [-0.15, -0.1) is 0 Å². The van der Waals surface area contributed by atoms with Crippen molar-refractivity contribution < 1.29 is 9.13 Å². The van der Waals surface area contributed by atoms with E-state index in [1.807, 2.05) is 36.4 Å². The number of nitrogens with zero attached hydrogens (tertiary/aromatic N) is 1. The lowest BCUT2D eigenvalue weighted by Crippen LogP contribution is -1.97. The second-order valence-corrected chi connectivity index (χ2v) is 4.72. The minimum Gasteiger partial charge on any atom is -0.460 e. The third-order valence-electron chi connectivity index (χ3n) is 3.15. The summed E-state index contributed by atoms with van der Waals surface area (Å²) in [6.45, 7) is 4.26. The van der Waals surface area contributed by atoms with Gasteiger partial charge in [0.05, 0.1) is 12.3 Å². The van der Waals surface area contributed by atoms with Crippen molar-refractivity contribution in [3.63, 3.8) is 0 Å². The number of benzene rings is 2. The first-order valence-electron chi connectivity index (χ1n) is 6.65. The molecule has 0 spiro atoms. The molecule has 0 atom stereocenters. The van der Waals surface area contributed by atoms with Gasteiger partial charge in [-0.2, -0.15) is 0 Å². The standard InChI is InChI=1S/C18H14FNO/c1-13-12-20-17(14-5-3-2-4-6-14)11-18(21-13)15-7-9-16(19)10-8-15/h2-11H,1,12H2. The van der Waals surface area contributed by atoms with Crippen LogP contribution in [0.25, 0.3) is 5.76 Å². The summed E-state index contributed by atoms with van der Waals surface area (Å²) in [7, 11) is 0. The van der Waals surface area contributed by atoms with Crippen molar-refractivity contribution in [1.29, 1.82) is 0 Å². The Morgan fingerprint density at radius 3 is 2.38 bits per heavy atom. The maximum atomic E-state index is 13.1. The number of rotatable bonds is 2. The number of allylic oxidation sites excluding steroid dienone is 1. The molecule has 3 rings (SSSR count). The van der Waals surface area contributed by atoms with Gasteiger partial charge >= 0.3 is 0 Å². The van der Waals surface area contributed by atoms with E-state index in [1.54, 1.807) is 12.1 Å². The van der Waals surface area contributed by atoms with Crippen molar-refractivity contribution in [2.45, 2.75) is 0 Å². The Labute approximate surface area is 122 Å². The fourth-order valence-corrected chi connectivity index (χ4v) is 2.10. The highest BCUT2D eigenvalue weighted by atomic mass is 19.1. The zero-order chi connectivity index (χ0) is 14.7. The molecule has 0 unspecified atom stereocenters. The first kappa shape index (κ1) is 13.3. The lowest BCUT2D eigenvalue weighted by Gasteiger charge is -2.09. The summed E-state index contributed by atoms with van der Waals surface area (Å²) in [5.74, 6) is 0.917. The van der Waals surface area contributed by atoms with Gasteiger partial charge in [-0.25, -0.2) is 4.39 Å². The van der Waals surface area contributed by atoms with Crippen molar-refractivity contribution in [3.8, 4) is 0 Å². The van der Waals surface area contributed by atoms with Crippen LogP contribution in [-0.2, 0) is 4.74 Å². The van der Waals surface area contributed by atoms with Gasteiger partial charge in [0.1, 0.15) is 17.3 Å². The molecule has 1 aliphatic heterocycles. The second kappa shape index (κ2) is 5.75. The molecule has 0 aliphatic carbocycles. The number of ether oxygens (including phenoxy) is 1. The molecule has 1 heterocycles. The molecule has 104 valence electrons. The third-order valence-corrected chi connectivity index (χ3v) is 3.15. The van der Waals surface area contributed by atoms with E-state index < -0.39 is 0 Å². The fraction of sp³-hybridized carbons (Fsp3) is 0.0556. The van der Waals surface area contributed by atoms with E-state index in [9.17, 15) is 4.39 Å². The first-order valence-corrected chi connectivity index (χ1v) is 6.65. The zero-order valence-electron chi connectivity index (χ0n) is 11.4. The number of hydrogen-bond donors (Lipinski definition) is 0. The minimum absolute atomic E-state index is 0.274. The number of aliphatic imine (C=N–C) groups is 1. The first-order chi connectivity index (χ1) is 10.2. The average molecular weight is 279 g/mol. The smallest absolute Gasteiger partial charge is 0.136 e. The Balaban J connectivity index is 2.02. The van der Waals surface area contributed by atoms with Crippen molar-refractivity contribution in [1.82, 2.24) is 0 Å². The zero-order valence-corrected chi connectivity index (χ0v) is 11.4. The SMILES string of the molecule is C=C1CN=C(c2ccccc2)C=C(c2ccc(F)cc2)O1. The molecule has 0 bridgehead atoms. The summed E-state index contributed by atoms with van der Waals surface area (Å²) in [6, 6.07) is 16.1. The van der Waals surface area contributed by atoms with Crippen LogP contribution in [0.15, 0.2) is 78.0 Å². The molecule has 0 N–H and O–H groups in total. The Bertz CT molecular complexity index is 715. The van der Waals surface area contributed by atoms with Gasteiger partial charge < -0.3 is 4.74 Å². The van der Waals surface area contributed by atoms with Crippen LogP contribution in [0.3, 0.4) is 0 Å². The van der Waals surface area contributed by atoms with Crippen LogP contribution >= 0.6 is 0 Å². The highest BCUT2D eigenvalue weighted by molar-refractivity contribution is 6.12. The van der Waals surface area contributed by atoms with Gasteiger partial charge in [0, 0.05) is 11.6 Å². The van der Waals surface area contributed by atoms with Crippen molar-refractivity contribution >= 4 is 11.5 Å². The molecule has 2 aromatic rings. The maximum absolute atomic E-state index is 13.1. The molecule has 21 heavy (non-hydrogen) atoms. The lowest BCUT2D eigenvalue weighted by atomic mass is 10.1. The highest BCUT2D eigenvalue weighted by Gasteiger charge is 2.12. The van der Waals surface area contributed by atoms with Gasteiger partial charge in [0.25, 0.3) is 0 Å². The summed E-state index contributed by atoms with van der Waals surface area (Å²) in [4.78, 5) is 4.51. The normalized spacial score (nSPS) is 14.8. The third kappa shape index (κ3) is 3.08. The number of halogens is 1. The summed E-state index contributed by atoms with van der Waals surface area (Å²) < 4.78 is 18.8. The van der Waals surface area contributed by atoms with Crippen LogP contribution in [0, 0.1) is 5.82 Å². The largest absolute Gasteiger partial charge is 0.460 e. The predicted molar refractivity (Wildman–Crippen MR) is 82.4 cm³/mol.